The molecule has 2 amide bonds. The third-order valence-corrected chi connectivity index (χ3v) is 4.96. The molecule has 0 aliphatic carbocycles. The highest BCUT2D eigenvalue weighted by Crippen LogP contribution is 2.33. The number of halogens is 1. The van der Waals surface area contributed by atoms with Gasteiger partial charge in [-0.05, 0) is 44.5 Å². The fourth-order valence-corrected chi connectivity index (χ4v) is 3.57. The maximum atomic E-state index is 12.6. The van der Waals surface area contributed by atoms with Crippen molar-refractivity contribution in [2.75, 3.05) is 11.9 Å². The van der Waals surface area contributed by atoms with Gasteiger partial charge in [-0.1, -0.05) is 15.9 Å². The van der Waals surface area contributed by atoms with Gasteiger partial charge in [0.25, 0.3) is 11.8 Å². The minimum atomic E-state index is -0.554. The first-order valence-corrected chi connectivity index (χ1v) is 8.59. The molecule has 0 saturated carbocycles. The first-order chi connectivity index (χ1) is 10.8. The zero-order chi connectivity index (χ0) is 17.1. The molecular formula is C16H17BrN2O3S. The number of amides is 2. The Kier molecular flexibility index (Phi) is 5.43. The number of nitrogens with two attached hydrogens (primary N) is 1. The van der Waals surface area contributed by atoms with Gasteiger partial charge in [0.1, 0.15) is 10.8 Å². The number of hydrogen-bond acceptors (Lipinski definition) is 4. The third-order valence-electron chi connectivity index (χ3n) is 3.34. The quantitative estimate of drug-likeness (QED) is 0.804. The zero-order valence-corrected chi connectivity index (χ0v) is 15.4. The van der Waals surface area contributed by atoms with Gasteiger partial charge in [-0.15, -0.1) is 11.3 Å². The molecule has 3 N–H and O–H groups in total. The lowest BCUT2D eigenvalue weighted by molar-refractivity contribution is 0.100. The highest BCUT2D eigenvalue weighted by molar-refractivity contribution is 9.10. The summed E-state index contributed by atoms with van der Waals surface area (Å²) >= 11 is 4.68. The lowest BCUT2D eigenvalue weighted by atomic mass is 10.1. The van der Waals surface area contributed by atoms with Crippen LogP contribution in [0.2, 0.25) is 0 Å². The summed E-state index contributed by atoms with van der Waals surface area (Å²) in [5, 5.41) is 3.23. The van der Waals surface area contributed by atoms with E-state index in [2.05, 4.69) is 21.2 Å². The second kappa shape index (κ2) is 7.14. The summed E-state index contributed by atoms with van der Waals surface area (Å²) < 4.78 is 6.25. The van der Waals surface area contributed by atoms with Crippen molar-refractivity contribution in [1.82, 2.24) is 0 Å². The van der Waals surface area contributed by atoms with Crippen LogP contribution in [-0.2, 0) is 0 Å². The Labute approximate surface area is 147 Å². The van der Waals surface area contributed by atoms with E-state index >= 15 is 0 Å². The van der Waals surface area contributed by atoms with E-state index < -0.39 is 5.91 Å². The molecule has 0 spiro atoms. The maximum Gasteiger partial charge on any atom is 0.260 e. The van der Waals surface area contributed by atoms with Gasteiger partial charge in [0.15, 0.2) is 0 Å². The Morgan fingerprint density at radius 2 is 2.04 bits per heavy atom. The second-order valence-corrected chi connectivity index (χ2v) is 7.02. The topological polar surface area (TPSA) is 81.4 Å². The van der Waals surface area contributed by atoms with Crippen LogP contribution < -0.4 is 15.8 Å². The van der Waals surface area contributed by atoms with Crippen molar-refractivity contribution >= 4 is 44.1 Å². The predicted octanol–water partition coefficient (Wildman–Crippen LogP) is 3.88. The average Bonchev–Trinajstić information content (AvgIpc) is 2.75. The molecule has 0 saturated heterocycles. The smallest absolute Gasteiger partial charge is 0.260 e. The van der Waals surface area contributed by atoms with E-state index in [1.165, 1.54) is 11.3 Å². The van der Waals surface area contributed by atoms with E-state index in [4.69, 9.17) is 10.5 Å². The molecule has 0 aliphatic heterocycles. The summed E-state index contributed by atoms with van der Waals surface area (Å²) in [4.78, 5) is 25.2. The van der Waals surface area contributed by atoms with E-state index in [1.54, 1.807) is 18.2 Å². The number of nitrogens with one attached hydrogen (secondary N) is 1. The monoisotopic (exact) mass is 396 g/mol. The zero-order valence-electron chi connectivity index (χ0n) is 13.0. The molecule has 122 valence electrons. The van der Waals surface area contributed by atoms with Crippen LogP contribution in [0.4, 0.5) is 5.00 Å². The molecule has 0 fully saturated rings. The number of rotatable bonds is 5. The van der Waals surface area contributed by atoms with Crippen molar-refractivity contribution in [1.29, 1.82) is 0 Å². The van der Waals surface area contributed by atoms with Crippen LogP contribution in [0.1, 0.15) is 38.1 Å². The summed E-state index contributed by atoms with van der Waals surface area (Å²) in [6.07, 6.45) is 0. The molecular weight excluding hydrogens is 380 g/mol. The van der Waals surface area contributed by atoms with Crippen LogP contribution in [0, 0.1) is 13.8 Å². The van der Waals surface area contributed by atoms with E-state index in [0.717, 1.165) is 14.9 Å². The normalized spacial score (nSPS) is 10.4. The van der Waals surface area contributed by atoms with Gasteiger partial charge in [-0.2, -0.15) is 0 Å². The summed E-state index contributed by atoms with van der Waals surface area (Å²) in [5.41, 5.74) is 6.96. The number of primary amides is 1. The van der Waals surface area contributed by atoms with Crippen LogP contribution in [0.5, 0.6) is 5.75 Å². The van der Waals surface area contributed by atoms with Crippen molar-refractivity contribution in [3.05, 3.63) is 44.2 Å². The average molecular weight is 397 g/mol. The maximum absolute atomic E-state index is 12.6. The van der Waals surface area contributed by atoms with Crippen LogP contribution in [0.25, 0.3) is 0 Å². The number of anilines is 1. The summed E-state index contributed by atoms with van der Waals surface area (Å²) in [5.74, 6) is -0.418. The Morgan fingerprint density at radius 1 is 1.35 bits per heavy atom. The van der Waals surface area contributed by atoms with Gasteiger partial charge in [-0.3, -0.25) is 9.59 Å². The molecule has 0 bridgehead atoms. The lowest BCUT2D eigenvalue weighted by Crippen LogP contribution is -2.18. The van der Waals surface area contributed by atoms with Crippen molar-refractivity contribution < 1.29 is 14.3 Å². The number of thiophene rings is 1. The fraction of sp³-hybridized carbons (Fsp3) is 0.250. The molecule has 1 aromatic heterocycles. The Bertz CT molecular complexity index is 771. The SMILES string of the molecule is CCOc1ccc(Br)cc1C(=O)Nc1sc(C)c(C)c1C(N)=O. The van der Waals surface area contributed by atoms with Gasteiger partial charge >= 0.3 is 0 Å². The largest absolute Gasteiger partial charge is 0.493 e. The molecule has 1 heterocycles. The number of benzene rings is 1. The Balaban J connectivity index is 2.39. The summed E-state index contributed by atoms with van der Waals surface area (Å²) in [6.45, 7) is 5.99. The van der Waals surface area contributed by atoms with Gasteiger partial charge < -0.3 is 15.8 Å². The van der Waals surface area contributed by atoms with E-state index in [1.807, 2.05) is 20.8 Å². The van der Waals surface area contributed by atoms with E-state index in [0.29, 0.717) is 28.5 Å². The second-order valence-electron chi connectivity index (χ2n) is 4.88. The number of ether oxygens (including phenoxy) is 1. The van der Waals surface area contributed by atoms with E-state index in [-0.39, 0.29) is 5.91 Å². The molecule has 0 unspecified atom stereocenters. The molecule has 0 radical (unpaired) electrons. The molecule has 1 aromatic carbocycles. The highest BCUT2D eigenvalue weighted by atomic mass is 79.9. The molecule has 0 aliphatic rings. The Hall–Kier alpha value is -1.86. The molecule has 23 heavy (non-hydrogen) atoms. The van der Waals surface area contributed by atoms with Crippen molar-refractivity contribution in [3.63, 3.8) is 0 Å². The lowest BCUT2D eigenvalue weighted by Gasteiger charge is -2.11. The number of carbonyl (C=O) groups excluding carboxylic acids is 2. The van der Waals surface area contributed by atoms with Gasteiger partial charge in [0, 0.05) is 9.35 Å². The van der Waals surface area contributed by atoms with Crippen molar-refractivity contribution in [2.24, 2.45) is 5.73 Å². The van der Waals surface area contributed by atoms with Crippen LogP contribution in [0.3, 0.4) is 0 Å². The van der Waals surface area contributed by atoms with Gasteiger partial charge in [-0.25, -0.2) is 0 Å². The molecule has 0 atom stereocenters. The first-order valence-electron chi connectivity index (χ1n) is 6.98. The molecule has 2 rings (SSSR count). The highest BCUT2D eigenvalue weighted by Gasteiger charge is 2.21. The molecule has 5 nitrogen and oxygen atoms in total. The minimum Gasteiger partial charge on any atom is -0.493 e. The van der Waals surface area contributed by atoms with Gasteiger partial charge in [0.05, 0.1) is 17.7 Å². The number of hydrogen-bond donors (Lipinski definition) is 2. The van der Waals surface area contributed by atoms with Crippen LogP contribution >= 0.6 is 27.3 Å². The standard InChI is InChI=1S/C16H17BrN2O3S/c1-4-22-12-6-5-10(17)7-11(12)15(21)19-16-13(14(18)20)8(2)9(3)23-16/h5-7H,4H2,1-3H3,(H2,18,20)(H,19,21). The fourth-order valence-electron chi connectivity index (χ4n) is 2.14. The predicted molar refractivity (Wildman–Crippen MR) is 95.6 cm³/mol. The van der Waals surface area contributed by atoms with Crippen LogP contribution in [0.15, 0.2) is 22.7 Å². The first kappa shape index (κ1) is 17.5. The molecule has 2 aromatic rings. The Morgan fingerprint density at radius 3 is 2.65 bits per heavy atom. The summed E-state index contributed by atoms with van der Waals surface area (Å²) in [7, 11) is 0. The van der Waals surface area contributed by atoms with E-state index in [9.17, 15) is 9.59 Å². The summed E-state index contributed by atoms with van der Waals surface area (Å²) in [6, 6.07) is 5.20. The number of carbonyl (C=O) groups is 2. The van der Waals surface area contributed by atoms with Crippen molar-refractivity contribution in [2.45, 2.75) is 20.8 Å². The minimum absolute atomic E-state index is 0.349. The van der Waals surface area contributed by atoms with Crippen LogP contribution in [-0.4, -0.2) is 18.4 Å². The third kappa shape index (κ3) is 3.73. The van der Waals surface area contributed by atoms with Gasteiger partial charge in [0.2, 0.25) is 0 Å². The van der Waals surface area contributed by atoms with Crippen molar-refractivity contribution in [3.8, 4) is 5.75 Å². The number of aryl methyl sites for hydroxylation is 1. The molecule has 7 heteroatoms.